The zero-order valence-corrected chi connectivity index (χ0v) is 18.0. The maximum absolute atomic E-state index is 11.9. The number of amides is 1. The van der Waals surface area contributed by atoms with E-state index in [1.54, 1.807) is 6.92 Å². The highest BCUT2D eigenvalue weighted by Crippen LogP contribution is 2.31. The molecule has 0 spiro atoms. The molecule has 1 fully saturated rings. The summed E-state index contributed by atoms with van der Waals surface area (Å²) in [5.41, 5.74) is 3.91. The van der Waals surface area contributed by atoms with E-state index in [-0.39, 0.29) is 18.1 Å². The van der Waals surface area contributed by atoms with Crippen molar-refractivity contribution in [1.82, 2.24) is 9.80 Å². The normalized spacial score (nSPS) is 19.3. The largest absolute Gasteiger partial charge is 0.373 e. The molecule has 0 bridgehead atoms. The van der Waals surface area contributed by atoms with Crippen LogP contribution in [0.5, 0.6) is 0 Å². The Morgan fingerprint density at radius 3 is 2.45 bits per heavy atom. The molecule has 2 atom stereocenters. The van der Waals surface area contributed by atoms with E-state index in [0.29, 0.717) is 6.61 Å². The van der Waals surface area contributed by atoms with Crippen LogP contribution in [0.3, 0.4) is 0 Å². The van der Waals surface area contributed by atoms with Gasteiger partial charge in [-0.25, -0.2) is 0 Å². The summed E-state index contributed by atoms with van der Waals surface area (Å²) in [6, 6.07) is 19.7. The van der Waals surface area contributed by atoms with E-state index in [2.05, 4.69) is 73.5 Å². The number of rotatable bonds is 8. The Kier molecular flexibility index (Phi) is 7.84. The monoisotopic (exact) mass is 394 g/mol. The first-order valence-electron chi connectivity index (χ1n) is 10.8. The molecule has 0 saturated carbocycles. The van der Waals surface area contributed by atoms with E-state index < -0.39 is 0 Å². The van der Waals surface area contributed by atoms with Gasteiger partial charge in [0.1, 0.15) is 0 Å². The summed E-state index contributed by atoms with van der Waals surface area (Å²) in [4.78, 5) is 16.2. The number of carbonyl (C=O) groups excluding carboxylic acids is 1. The Labute approximate surface area is 175 Å². The minimum absolute atomic E-state index is 0.0759. The summed E-state index contributed by atoms with van der Waals surface area (Å²) in [6.45, 7) is 7.17. The molecule has 4 heteroatoms. The van der Waals surface area contributed by atoms with Gasteiger partial charge in [0, 0.05) is 39.2 Å². The molecular formula is C25H34N2O2. The Morgan fingerprint density at radius 1 is 1.07 bits per heavy atom. The van der Waals surface area contributed by atoms with Crippen LogP contribution in [-0.2, 0) is 22.5 Å². The molecule has 29 heavy (non-hydrogen) atoms. The van der Waals surface area contributed by atoms with E-state index >= 15 is 0 Å². The van der Waals surface area contributed by atoms with Gasteiger partial charge in [-0.1, -0.05) is 54.6 Å². The molecule has 1 saturated heterocycles. The van der Waals surface area contributed by atoms with Crippen LogP contribution >= 0.6 is 0 Å². The SMILES string of the molecule is CCN(C(C)=O)[C@@H]1CCO[C@H](c2ccc(CN(C)CCc3ccccc3)cc2)C1. The predicted octanol–water partition coefficient (Wildman–Crippen LogP) is 4.45. The lowest BCUT2D eigenvalue weighted by Crippen LogP contribution is -2.42. The molecule has 0 aliphatic carbocycles. The molecule has 3 rings (SSSR count). The minimum atomic E-state index is 0.0759. The molecule has 0 N–H and O–H groups in total. The molecule has 1 aliphatic rings. The molecule has 156 valence electrons. The maximum Gasteiger partial charge on any atom is 0.219 e. The highest BCUT2D eigenvalue weighted by atomic mass is 16.5. The summed E-state index contributed by atoms with van der Waals surface area (Å²) < 4.78 is 6.03. The first-order valence-corrected chi connectivity index (χ1v) is 10.8. The number of ether oxygens (including phenoxy) is 1. The molecule has 0 radical (unpaired) electrons. The quantitative estimate of drug-likeness (QED) is 0.663. The number of hydrogen-bond donors (Lipinski definition) is 0. The number of carbonyl (C=O) groups is 1. The second-order valence-corrected chi connectivity index (χ2v) is 8.06. The van der Waals surface area contributed by atoms with Gasteiger partial charge >= 0.3 is 0 Å². The van der Waals surface area contributed by atoms with Crippen LogP contribution in [0.4, 0.5) is 0 Å². The Morgan fingerprint density at radius 2 is 1.79 bits per heavy atom. The Bertz CT molecular complexity index is 760. The van der Waals surface area contributed by atoms with Crippen LogP contribution in [0.15, 0.2) is 54.6 Å². The van der Waals surface area contributed by atoms with Gasteiger partial charge in [0.05, 0.1) is 6.10 Å². The van der Waals surface area contributed by atoms with Crippen LogP contribution in [0.25, 0.3) is 0 Å². The number of nitrogens with zero attached hydrogens (tertiary/aromatic N) is 2. The number of benzene rings is 2. The minimum Gasteiger partial charge on any atom is -0.373 e. The van der Waals surface area contributed by atoms with Crippen molar-refractivity contribution in [3.63, 3.8) is 0 Å². The van der Waals surface area contributed by atoms with Gasteiger partial charge < -0.3 is 14.5 Å². The predicted molar refractivity (Wildman–Crippen MR) is 118 cm³/mol. The lowest BCUT2D eigenvalue weighted by atomic mass is 9.95. The molecular weight excluding hydrogens is 360 g/mol. The number of likely N-dealkylation sites (N-methyl/N-ethyl adjacent to an activating group) is 1. The smallest absolute Gasteiger partial charge is 0.219 e. The molecule has 2 aromatic carbocycles. The van der Waals surface area contributed by atoms with Crippen LogP contribution in [0.1, 0.15) is 49.5 Å². The van der Waals surface area contributed by atoms with Crippen LogP contribution < -0.4 is 0 Å². The van der Waals surface area contributed by atoms with Crippen molar-refractivity contribution in [3.05, 3.63) is 71.3 Å². The van der Waals surface area contributed by atoms with Crippen molar-refractivity contribution in [3.8, 4) is 0 Å². The first-order chi connectivity index (χ1) is 14.1. The third-order valence-electron chi connectivity index (χ3n) is 5.87. The van der Waals surface area contributed by atoms with E-state index in [4.69, 9.17) is 4.74 Å². The van der Waals surface area contributed by atoms with Gasteiger partial charge in [0.15, 0.2) is 0 Å². The van der Waals surface area contributed by atoms with E-state index in [1.165, 1.54) is 16.7 Å². The average molecular weight is 395 g/mol. The second kappa shape index (κ2) is 10.6. The van der Waals surface area contributed by atoms with Gasteiger partial charge in [-0.3, -0.25) is 4.79 Å². The summed E-state index contributed by atoms with van der Waals surface area (Å²) in [5, 5.41) is 0. The zero-order valence-electron chi connectivity index (χ0n) is 18.0. The van der Waals surface area contributed by atoms with Crippen LogP contribution in [0.2, 0.25) is 0 Å². The molecule has 4 nitrogen and oxygen atoms in total. The van der Waals surface area contributed by atoms with Crippen molar-refractivity contribution < 1.29 is 9.53 Å². The average Bonchev–Trinajstić information content (AvgIpc) is 2.74. The van der Waals surface area contributed by atoms with Gasteiger partial charge in [0.25, 0.3) is 0 Å². The Hall–Kier alpha value is -2.17. The molecule has 2 aromatic rings. The fourth-order valence-corrected chi connectivity index (χ4v) is 4.23. The summed E-state index contributed by atoms with van der Waals surface area (Å²) in [5.74, 6) is 0.159. The van der Waals surface area contributed by atoms with Crippen molar-refractivity contribution in [2.24, 2.45) is 0 Å². The van der Waals surface area contributed by atoms with Gasteiger partial charge in [-0.05, 0) is 49.9 Å². The van der Waals surface area contributed by atoms with Crippen molar-refractivity contribution in [2.45, 2.75) is 51.8 Å². The third-order valence-corrected chi connectivity index (χ3v) is 5.87. The summed E-state index contributed by atoms with van der Waals surface area (Å²) >= 11 is 0. The lowest BCUT2D eigenvalue weighted by Gasteiger charge is -2.36. The lowest BCUT2D eigenvalue weighted by molar-refractivity contribution is -0.134. The second-order valence-electron chi connectivity index (χ2n) is 8.06. The van der Waals surface area contributed by atoms with E-state index in [9.17, 15) is 4.79 Å². The molecule has 1 heterocycles. The third kappa shape index (κ3) is 6.15. The topological polar surface area (TPSA) is 32.8 Å². The molecule has 0 aromatic heterocycles. The summed E-state index contributed by atoms with van der Waals surface area (Å²) in [6.07, 6.45) is 2.95. The first kappa shape index (κ1) is 21.5. The molecule has 1 amide bonds. The van der Waals surface area contributed by atoms with Gasteiger partial charge in [0.2, 0.25) is 5.91 Å². The van der Waals surface area contributed by atoms with E-state index in [0.717, 1.165) is 38.9 Å². The summed E-state index contributed by atoms with van der Waals surface area (Å²) in [7, 11) is 2.17. The van der Waals surface area contributed by atoms with Crippen LogP contribution in [-0.4, -0.2) is 48.5 Å². The fraction of sp³-hybridized carbons (Fsp3) is 0.480. The van der Waals surface area contributed by atoms with Gasteiger partial charge in [-0.2, -0.15) is 0 Å². The fourth-order valence-electron chi connectivity index (χ4n) is 4.23. The number of hydrogen-bond acceptors (Lipinski definition) is 3. The van der Waals surface area contributed by atoms with Gasteiger partial charge in [-0.15, -0.1) is 0 Å². The maximum atomic E-state index is 11.9. The Balaban J connectivity index is 1.53. The zero-order chi connectivity index (χ0) is 20.6. The highest BCUT2D eigenvalue weighted by Gasteiger charge is 2.28. The van der Waals surface area contributed by atoms with E-state index in [1.807, 2.05) is 4.90 Å². The standard InChI is InChI=1S/C25H34N2O2/c1-4-27(20(2)28)24-15-17-29-25(18-24)23-12-10-22(11-13-23)19-26(3)16-14-21-8-6-5-7-9-21/h5-13,24-25H,4,14-19H2,1-3H3/t24-,25+/m1/s1. The molecule has 0 unspecified atom stereocenters. The van der Waals surface area contributed by atoms with Crippen LogP contribution in [0, 0.1) is 0 Å². The highest BCUT2D eigenvalue weighted by molar-refractivity contribution is 5.73. The van der Waals surface area contributed by atoms with Crippen molar-refractivity contribution in [2.75, 3.05) is 26.7 Å². The molecule has 1 aliphatic heterocycles. The van der Waals surface area contributed by atoms with Crippen molar-refractivity contribution in [1.29, 1.82) is 0 Å². The van der Waals surface area contributed by atoms with Crippen molar-refractivity contribution >= 4 is 5.91 Å².